The van der Waals surface area contributed by atoms with E-state index in [-0.39, 0.29) is 34.5 Å². The van der Waals surface area contributed by atoms with Crippen LogP contribution < -0.4 is 15.8 Å². The molecule has 2 aliphatic heterocycles. The van der Waals surface area contributed by atoms with Crippen molar-refractivity contribution in [3.63, 3.8) is 0 Å². The predicted molar refractivity (Wildman–Crippen MR) is 176 cm³/mol. The van der Waals surface area contributed by atoms with Gasteiger partial charge in [-0.25, -0.2) is 9.37 Å². The van der Waals surface area contributed by atoms with Gasteiger partial charge in [-0.05, 0) is 87.5 Å². The smallest absolute Gasteiger partial charge is 0.261 e. The normalized spacial score (nSPS) is 18.3. The number of nitrogens with one attached hydrogen (secondary N) is 1. The summed E-state index contributed by atoms with van der Waals surface area (Å²) in [7, 11) is -0.0219. The Bertz CT molecular complexity index is 1520. The molecular formula is C34H49FN4O3Si. The van der Waals surface area contributed by atoms with Crippen molar-refractivity contribution in [1.82, 2.24) is 9.55 Å². The van der Waals surface area contributed by atoms with Gasteiger partial charge in [0, 0.05) is 50.9 Å². The number of ether oxygens (including phenoxy) is 1. The minimum absolute atomic E-state index is 0.0195. The molecule has 3 aromatic rings. The van der Waals surface area contributed by atoms with E-state index in [0.717, 1.165) is 72.6 Å². The third-order valence-electron chi connectivity index (χ3n) is 9.82. The summed E-state index contributed by atoms with van der Waals surface area (Å²) < 4.78 is 28.6. The van der Waals surface area contributed by atoms with Crippen molar-refractivity contribution in [3.8, 4) is 0 Å². The van der Waals surface area contributed by atoms with E-state index < -0.39 is 8.32 Å². The molecule has 2 aliphatic rings. The van der Waals surface area contributed by atoms with Crippen molar-refractivity contribution in [3.05, 3.63) is 63.5 Å². The van der Waals surface area contributed by atoms with Crippen LogP contribution in [-0.4, -0.2) is 50.3 Å². The van der Waals surface area contributed by atoms with Gasteiger partial charge in [0.25, 0.3) is 5.56 Å². The molecule has 0 bridgehead atoms. The van der Waals surface area contributed by atoms with Crippen molar-refractivity contribution < 1.29 is 13.6 Å². The molecule has 2 saturated heterocycles. The number of halogens is 1. The molecule has 7 nitrogen and oxygen atoms in total. The molecule has 0 saturated carbocycles. The third kappa shape index (κ3) is 6.69. The van der Waals surface area contributed by atoms with Gasteiger partial charge < -0.3 is 19.4 Å². The van der Waals surface area contributed by atoms with Gasteiger partial charge in [0.05, 0.1) is 28.3 Å². The van der Waals surface area contributed by atoms with Crippen LogP contribution in [0, 0.1) is 12.7 Å². The Kier molecular flexibility index (Phi) is 9.08. The second-order valence-electron chi connectivity index (χ2n) is 14.1. The average Bonchev–Trinajstić information content (AvgIpc) is 2.96. The number of aromatic nitrogens is 2. The van der Waals surface area contributed by atoms with Gasteiger partial charge in [-0.2, -0.15) is 0 Å². The summed E-state index contributed by atoms with van der Waals surface area (Å²) in [6, 6.07) is 8.87. The minimum atomic E-state index is -1.85. The molecule has 3 heterocycles. The summed E-state index contributed by atoms with van der Waals surface area (Å²) in [5.74, 6) is 0.768. The van der Waals surface area contributed by atoms with Crippen LogP contribution in [0.15, 0.2) is 35.1 Å². The van der Waals surface area contributed by atoms with Crippen LogP contribution in [0.4, 0.5) is 15.8 Å². The van der Waals surface area contributed by atoms with E-state index in [1.807, 2.05) is 26.1 Å². The molecule has 43 heavy (non-hydrogen) atoms. The highest BCUT2D eigenvalue weighted by atomic mass is 28.4. The molecule has 0 radical (unpaired) electrons. The van der Waals surface area contributed by atoms with Crippen LogP contribution in [0.5, 0.6) is 0 Å². The van der Waals surface area contributed by atoms with E-state index in [1.165, 1.54) is 6.07 Å². The van der Waals surface area contributed by atoms with Gasteiger partial charge in [-0.1, -0.05) is 26.8 Å². The van der Waals surface area contributed by atoms with Crippen LogP contribution in [0.3, 0.4) is 0 Å². The zero-order valence-corrected chi connectivity index (χ0v) is 28.2. The Morgan fingerprint density at radius 2 is 1.77 bits per heavy atom. The van der Waals surface area contributed by atoms with Gasteiger partial charge >= 0.3 is 0 Å². The topological polar surface area (TPSA) is 68.6 Å². The van der Waals surface area contributed by atoms with E-state index in [4.69, 9.17) is 14.1 Å². The van der Waals surface area contributed by atoms with Gasteiger partial charge in [-0.15, -0.1) is 0 Å². The fraction of sp³-hybridized carbons (Fsp3) is 0.588. The molecule has 1 N–H and O–H groups in total. The lowest BCUT2D eigenvalue weighted by Gasteiger charge is -2.42. The fourth-order valence-electron chi connectivity index (χ4n) is 6.23. The first-order valence-electron chi connectivity index (χ1n) is 15.8. The number of piperidine rings is 1. The van der Waals surface area contributed by atoms with Crippen LogP contribution >= 0.6 is 0 Å². The Morgan fingerprint density at radius 1 is 1.09 bits per heavy atom. The van der Waals surface area contributed by atoms with Crippen molar-refractivity contribution in [2.45, 2.75) is 96.5 Å². The lowest BCUT2D eigenvalue weighted by Crippen LogP contribution is -2.47. The number of aryl methyl sites for hydroxylation is 1. The molecule has 1 aromatic heterocycles. The molecule has 2 fully saturated rings. The lowest BCUT2D eigenvalue weighted by atomic mass is 9.97. The first-order valence-corrected chi connectivity index (χ1v) is 18.7. The number of nitrogens with zero attached hydrogens (tertiary/aromatic N) is 3. The molecule has 0 amide bonds. The van der Waals surface area contributed by atoms with Gasteiger partial charge in [-0.3, -0.25) is 9.36 Å². The van der Waals surface area contributed by atoms with E-state index in [1.54, 1.807) is 10.6 Å². The highest BCUT2D eigenvalue weighted by Gasteiger charge is 2.40. The fourth-order valence-corrected chi connectivity index (χ4v) is 7.65. The number of benzene rings is 2. The SMILES string of the molecule is Cc1cc([C@@H](C)Nc2ccc(F)cc2N2CCC(O[Si](C)(C)C(C)(C)C)CC2)c2nc(C3CCOCC3)n(C)c(=O)c2c1. The van der Waals surface area contributed by atoms with E-state index in [0.29, 0.717) is 18.6 Å². The number of anilines is 2. The molecular weight excluding hydrogens is 559 g/mol. The summed E-state index contributed by atoms with van der Waals surface area (Å²) in [4.78, 5) is 21.0. The standard InChI is InChI=1S/C34H49FN4O3Si/c1-22-19-27(31-28(20-22)33(40)38(6)32(37-31)24-13-17-41-18-14-24)23(2)36-29-10-9-25(35)21-30(29)39-15-11-26(12-16-39)42-43(7,8)34(3,4)5/h9-10,19-21,23-24,26,36H,11-18H2,1-8H3/t23-/m1/s1. The highest BCUT2D eigenvalue weighted by molar-refractivity contribution is 6.74. The monoisotopic (exact) mass is 608 g/mol. The zero-order valence-electron chi connectivity index (χ0n) is 27.2. The lowest BCUT2D eigenvalue weighted by molar-refractivity contribution is 0.0828. The van der Waals surface area contributed by atoms with E-state index in [2.05, 4.69) is 57.1 Å². The predicted octanol–water partition coefficient (Wildman–Crippen LogP) is 7.44. The van der Waals surface area contributed by atoms with E-state index in [9.17, 15) is 9.18 Å². The molecule has 0 aliphatic carbocycles. The van der Waals surface area contributed by atoms with Crippen LogP contribution in [0.1, 0.15) is 82.3 Å². The number of hydrogen-bond donors (Lipinski definition) is 1. The largest absolute Gasteiger partial charge is 0.414 e. The summed E-state index contributed by atoms with van der Waals surface area (Å²) in [6.07, 6.45) is 3.79. The summed E-state index contributed by atoms with van der Waals surface area (Å²) in [5, 5.41) is 4.47. The molecule has 1 atom stereocenters. The van der Waals surface area contributed by atoms with Crippen molar-refractivity contribution >= 4 is 30.6 Å². The maximum Gasteiger partial charge on any atom is 0.261 e. The molecule has 234 valence electrons. The summed E-state index contributed by atoms with van der Waals surface area (Å²) >= 11 is 0. The Hall–Kier alpha value is -2.75. The summed E-state index contributed by atoms with van der Waals surface area (Å²) in [5.41, 5.74) is 4.44. The van der Waals surface area contributed by atoms with Crippen molar-refractivity contribution in [1.29, 1.82) is 0 Å². The summed E-state index contributed by atoms with van der Waals surface area (Å²) in [6.45, 7) is 18.5. The minimum Gasteiger partial charge on any atom is -0.414 e. The second-order valence-corrected chi connectivity index (χ2v) is 18.8. The van der Waals surface area contributed by atoms with Gasteiger partial charge in [0.2, 0.25) is 0 Å². The zero-order chi connectivity index (χ0) is 31.1. The molecule has 0 spiro atoms. The van der Waals surface area contributed by atoms with E-state index >= 15 is 0 Å². The molecule has 9 heteroatoms. The molecule has 0 unspecified atom stereocenters. The molecule has 5 rings (SSSR count). The highest BCUT2D eigenvalue weighted by Crippen LogP contribution is 2.39. The van der Waals surface area contributed by atoms with Gasteiger partial charge in [0.15, 0.2) is 8.32 Å². The van der Waals surface area contributed by atoms with Crippen molar-refractivity contribution in [2.24, 2.45) is 7.05 Å². The first-order chi connectivity index (χ1) is 20.2. The Morgan fingerprint density at radius 3 is 2.42 bits per heavy atom. The van der Waals surface area contributed by atoms with Crippen LogP contribution in [0.2, 0.25) is 18.1 Å². The van der Waals surface area contributed by atoms with Crippen LogP contribution in [0.25, 0.3) is 10.9 Å². The Labute approximate surface area is 256 Å². The first kappa shape index (κ1) is 31.7. The number of hydrogen-bond acceptors (Lipinski definition) is 6. The Balaban J connectivity index is 1.41. The molecule has 2 aromatic carbocycles. The van der Waals surface area contributed by atoms with Crippen LogP contribution in [-0.2, 0) is 16.2 Å². The average molecular weight is 609 g/mol. The maximum atomic E-state index is 14.6. The maximum absolute atomic E-state index is 14.6. The van der Waals surface area contributed by atoms with Gasteiger partial charge in [0.1, 0.15) is 11.6 Å². The quantitative estimate of drug-likeness (QED) is 0.281. The third-order valence-corrected chi connectivity index (χ3v) is 14.4. The second kappa shape index (κ2) is 12.3. The number of rotatable bonds is 7. The number of fused-ring (bicyclic) bond motifs is 1. The van der Waals surface area contributed by atoms with Crippen molar-refractivity contribution in [2.75, 3.05) is 36.5 Å².